The van der Waals surface area contributed by atoms with Crippen LogP contribution in [-0.2, 0) is 11.3 Å². The highest BCUT2D eigenvalue weighted by molar-refractivity contribution is 9.10. The minimum Gasteiger partial charge on any atom is -0.306 e. The maximum Gasteiger partial charge on any atom is 0.133 e. The van der Waals surface area contributed by atoms with E-state index in [1.165, 1.54) is 5.56 Å². The van der Waals surface area contributed by atoms with Crippen LogP contribution < -0.4 is 5.32 Å². The van der Waals surface area contributed by atoms with E-state index in [0.717, 1.165) is 17.3 Å². The summed E-state index contributed by atoms with van der Waals surface area (Å²) in [5.41, 5.74) is 1.17. The molecule has 0 saturated heterocycles. The summed E-state index contributed by atoms with van der Waals surface area (Å²) in [5, 5.41) is 2.99. The average molecular weight is 228 g/mol. The first kappa shape index (κ1) is 9.42. The molecule has 1 N–H and O–H groups in total. The maximum absolute atomic E-state index is 10.0. The largest absolute Gasteiger partial charge is 0.306 e. The fourth-order valence-electron chi connectivity index (χ4n) is 0.908. The lowest BCUT2D eigenvalue weighted by Crippen LogP contribution is -2.15. The van der Waals surface area contributed by atoms with Crippen LogP contribution in [0.15, 0.2) is 28.7 Å². The second kappa shape index (κ2) is 5.06. The number of rotatable bonds is 4. The lowest BCUT2D eigenvalue weighted by Gasteiger charge is -2.02. The molecule has 0 fully saturated rings. The highest BCUT2D eigenvalue weighted by atomic mass is 79.9. The van der Waals surface area contributed by atoms with Crippen molar-refractivity contribution in [2.45, 2.75) is 6.54 Å². The van der Waals surface area contributed by atoms with Crippen LogP contribution in [0.3, 0.4) is 0 Å². The molecule has 0 bridgehead atoms. The fourth-order valence-corrected chi connectivity index (χ4v) is 1.33. The van der Waals surface area contributed by atoms with Crippen molar-refractivity contribution in [2.75, 3.05) is 6.54 Å². The molecule has 0 aromatic heterocycles. The molecule has 1 aromatic rings. The Balaban J connectivity index is 2.51. The second-order valence-electron chi connectivity index (χ2n) is 2.39. The van der Waals surface area contributed by atoms with E-state index in [1.54, 1.807) is 0 Å². The van der Waals surface area contributed by atoms with Crippen LogP contribution in [-0.4, -0.2) is 12.8 Å². The van der Waals surface area contributed by atoms with Crippen molar-refractivity contribution in [1.82, 2.24) is 5.32 Å². The van der Waals surface area contributed by atoms with E-state index >= 15 is 0 Å². The molecule has 0 saturated carbocycles. The molecule has 0 radical (unpaired) electrons. The Morgan fingerprint density at radius 3 is 2.83 bits per heavy atom. The highest BCUT2D eigenvalue weighted by Gasteiger charge is 1.95. The zero-order chi connectivity index (χ0) is 8.81. The number of benzene rings is 1. The predicted molar refractivity (Wildman–Crippen MR) is 51.9 cm³/mol. The fraction of sp³-hybridized carbons (Fsp3) is 0.222. The third kappa shape index (κ3) is 2.75. The molecule has 0 heterocycles. The summed E-state index contributed by atoms with van der Waals surface area (Å²) in [6, 6.07) is 7.94. The minimum absolute atomic E-state index is 0.404. The summed E-state index contributed by atoms with van der Waals surface area (Å²) in [7, 11) is 0. The summed E-state index contributed by atoms with van der Waals surface area (Å²) in [5.74, 6) is 0. The summed E-state index contributed by atoms with van der Waals surface area (Å²) in [6.07, 6.45) is 0.858. The van der Waals surface area contributed by atoms with E-state index in [-0.39, 0.29) is 0 Å². The van der Waals surface area contributed by atoms with Gasteiger partial charge in [0.1, 0.15) is 6.29 Å². The number of hydrogen-bond donors (Lipinski definition) is 1. The van der Waals surface area contributed by atoms with Crippen LogP contribution in [0, 0.1) is 0 Å². The van der Waals surface area contributed by atoms with Crippen LogP contribution in [0.1, 0.15) is 5.56 Å². The molecule has 0 aliphatic carbocycles. The van der Waals surface area contributed by atoms with E-state index in [9.17, 15) is 4.79 Å². The average Bonchev–Trinajstić information content (AvgIpc) is 2.09. The van der Waals surface area contributed by atoms with Crippen molar-refractivity contribution < 1.29 is 4.79 Å². The summed E-state index contributed by atoms with van der Waals surface area (Å²) >= 11 is 3.42. The van der Waals surface area contributed by atoms with Gasteiger partial charge in [-0.25, -0.2) is 0 Å². The molecule has 0 aliphatic heterocycles. The number of carbonyl (C=O) groups is 1. The summed E-state index contributed by atoms with van der Waals surface area (Å²) in [6.45, 7) is 1.13. The van der Waals surface area contributed by atoms with Crippen LogP contribution in [0.25, 0.3) is 0 Å². The normalized spacial score (nSPS) is 9.75. The molecule has 2 nitrogen and oxygen atoms in total. The number of aldehydes is 1. The maximum atomic E-state index is 10.0. The van der Waals surface area contributed by atoms with Crippen LogP contribution in [0.2, 0.25) is 0 Å². The first-order chi connectivity index (χ1) is 5.84. The van der Waals surface area contributed by atoms with Gasteiger partial charge < -0.3 is 10.1 Å². The van der Waals surface area contributed by atoms with Crippen LogP contribution >= 0.6 is 15.9 Å². The third-order valence-electron chi connectivity index (χ3n) is 1.50. The SMILES string of the molecule is O=CCNCc1ccccc1Br. The number of halogens is 1. The van der Waals surface area contributed by atoms with Gasteiger partial charge in [0.05, 0.1) is 6.54 Å². The molecule has 3 heteroatoms. The number of hydrogen-bond acceptors (Lipinski definition) is 2. The summed E-state index contributed by atoms with van der Waals surface area (Å²) < 4.78 is 1.07. The van der Waals surface area contributed by atoms with Crippen molar-refractivity contribution in [2.24, 2.45) is 0 Å². The molecule has 1 aromatic carbocycles. The van der Waals surface area contributed by atoms with Gasteiger partial charge in [-0.15, -0.1) is 0 Å². The molecular formula is C9H10BrNO. The van der Waals surface area contributed by atoms with Gasteiger partial charge in [-0.05, 0) is 11.6 Å². The van der Waals surface area contributed by atoms with Crippen LogP contribution in [0.5, 0.6) is 0 Å². The zero-order valence-electron chi connectivity index (χ0n) is 6.59. The Morgan fingerprint density at radius 2 is 2.17 bits per heavy atom. The minimum atomic E-state index is 0.404. The van der Waals surface area contributed by atoms with E-state index in [1.807, 2.05) is 24.3 Å². The number of nitrogens with one attached hydrogen (secondary N) is 1. The van der Waals surface area contributed by atoms with Gasteiger partial charge in [0, 0.05) is 11.0 Å². The quantitative estimate of drug-likeness (QED) is 0.628. The Kier molecular flexibility index (Phi) is 3.97. The van der Waals surface area contributed by atoms with Gasteiger partial charge in [0.2, 0.25) is 0 Å². The highest BCUT2D eigenvalue weighted by Crippen LogP contribution is 2.14. The Labute approximate surface area is 80.1 Å². The third-order valence-corrected chi connectivity index (χ3v) is 2.27. The molecule has 0 amide bonds. The van der Waals surface area contributed by atoms with Gasteiger partial charge in [-0.2, -0.15) is 0 Å². The predicted octanol–water partition coefficient (Wildman–Crippen LogP) is 1.74. The Morgan fingerprint density at radius 1 is 1.42 bits per heavy atom. The van der Waals surface area contributed by atoms with Crippen molar-refractivity contribution in [1.29, 1.82) is 0 Å². The van der Waals surface area contributed by atoms with Gasteiger partial charge in [-0.3, -0.25) is 0 Å². The molecule has 12 heavy (non-hydrogen) atoms. The van der Waals surface area contributed by atoms with E-state index in [4.69, 9.17) is 0 Å². The lowest BCUT2D eigenvalue weighted by atomic mass is 10.2. The van der Waals surface area contributed by atoms with Gasteiger partial charge in [0.25, 0.3) is 0 Å². The first-order valence-corrected chi connectivity index (χ1v) is 4.51. The van der Waals surface area contributed by atoms with Crippen molar-refractivity contribution in [3.8, 4) is 0 Å². The smallest absolute Gasteiger partial charge is 0.133 e. The molecule has 0 unspecified atom stereocenters. The lowest BCUT2D eigenvalue weighted by molar-refractivity contribution is -0.107. The molecule has 64 valence electrons. The van der Waals surface area contributed by atoms with Gasteiger partial charge >= 0.3 is 0 Å². The Hall–Kier alpha value is -0.670. The molecule has 0 aliphatic rings. The topological polar surface area (TPSA) is 29.1 Å². The van der Waals surface area contributed by atoms with Crippen molar-refractivity contribution >= 4 is 22.2 Å². The first-order valence-electron chi connectivity index (χ1n) is 3.72. The molecule has 1 rings (SSSR count). The summed E-state index contributed by atoms with van der Waals surface area (Å²) in [4.78, 5) is 10.0. The van der Waals surface area contributed by atoms with E-state index in [0.29, 0.717) is 6.54 Å². The standard InChI is InChI=1S/C9H10BrNO/c10-9-4-2-1-3-8(9)7-11-5-6-12/h1-4,6,11H,5,7H2. The van der Waals surface area contributed by atoms with Crippen molar-refractivity contribution in [3.63, 3.8) is 0 Å². The number of carbonyl (C=O) groups excluding carboxylic acids is 1. The monoisotopic (exact) mass is 227 g/mol. The Bertz CT molecular complexity index is 262. The molecule has 0 atom stereocenters. The molecular weight excluding hydrogens is 218 g/mol. The molecule has 0 spiro atoms. The van der Waals surface area contributed by atoms with Crippen LogP contribution in [0.4, 0.5) is 0 Å². The van der Waals surface area contributed by atoms with Crippen molar-refractivity contribution in [3.05, 3.63) is 34.3 Å². The zero-order valence-corrected chi connectivity index (χ0v) is 8.17. The van der Waals surface area contributed by atoms with Gasteiger partial charge in [-0.1, -0.05) is 34.1 Å². The van der Waals surface area contributed by atoms with E-state index in [2.05, 4.69) is 21.2 Å². The van der Waals surface area contributed by atoms with E-state index < -0.39 is 0 Å². The van der Waals surface area contributed by atoms with Gasteiger partial charge in [0.15, 0.2) is 0 Å². The second-order valence-corrected chi connectivity index (χ2v) is 3.24.